The standard InChI is InChI=1S/C34H50N6O9/c1-22(35-2)31(43)37-29(23-8-6-5-7-9-23)33(45)39-13-15-40(16-14-39)34(46)30-28(25-11-10-24(47-4)20-26(25)38(30)3)32(44)36-12-17-48-18-19-49-21-27(41)42/h10-11,20,22-23,29,35H,5-9,12-19,21H2,1-4H3,(H,36,44)(H,37,43)(H,41,42)/t22-,29-/m0/s1. The van der Waals surface area contributed by atoms with Crippen molar-refractivity contribution in [2.75, 3.05) is 73.3 Å². The lowest BCUT2D eigenvalue weighted by atomic mass is 9.83. The van der Waals surface area contributed by atoms with E-state index in [9.17, 15) is 24.0 Å². The van der Waals surface area contributed by atoms with Gasteiger partial charge in [-0.1, -0.05) is 19.3 Å². The number of carboxylic acid groups (broad SMARTS) is 1. The highest BCUT2D eigenvalue weighted by Crippen LogP contribution is 2.31. The lowest BCUT2D eigenvalue weighted by molar-refractivity contribution is -0.142. The maximum Gasteiger partial charge on any atom is 0.329 e. The van der Waals surface area contributed by atoms with Gasteiger partial charge < -0.3 is 49.6 Å². The maximum atomic E-state index is 14.2. The number of carbonyl (C=O) groups is 5. The predicted octanol–water partition coefficient (Wildman–Crippen LogP) is 0.992. The summed E-state index contributed by atoms with van der Waals surface area (Å²) in [6.45, 7) is 3.09. The number of rotatable bonds is 16. The van der Waals surface area contributed by atoms with Crippen LogP contribution >= 0.6 is 0 Å². The van der Waals surface area contributed by atoms with Gasteiger partial charge in [-0.3, -0.25) is 19.2 Å². The summed E-state index contributed by atoms with van der Waals surface area (Å²) in [7, 11) is 4.98. The molecule has 2 aliphatic rings. The van der Waals surface area contributed by atoms with E-state index in [4.69, 9.17) is 19.3 Å². The van der Waals surface area contributed by atoms with Gasteiger partial charge in [0.2, 0.25) is 11.8 Å². The van der Waals surface area contributed by atoms with E-state index in [1.54, 1.807) is 60.7 Å². The summed E-state index contributed by atoms with van der Waals surface area (Å²) < 4.78 is 17.5. The minimum atomic E-state index is -1.07. The lowest BCUT2D eigenvalue weighted by Gasteiger charge is -2.39. The fraction of sp³-hybridized carbons (Fsp3) is 0.618. The molecule has 270 valence electrons. The van der Waals surface area contributed by atoms with Gasteiger partial charge >= 0.3 is 5.97 Å². The molecule has 4 rings (SSSR count). The highest BCUT2D eigenvalue weighted by Gasteiger charge is 2.37. The largest absolute Gasteiger partial charge is 0.497 e. The number of hydrogen-bond acceptors (Lipinski definition) is 9. The predicted molar refractivity (Wildman–Crippen MR) is 181 cm³/mol. The number of hydrogen-bond donors (Lipinski definition) is 4. The van der Waals surface area contributed by atoms with E-state index >= 15 is 0 Å². The van der Waals surface area contributed by atoms with E-state index in [1.165, 1.54) is 0 Å². The van der Waals surface area contributed by atoms with Crippen LogP contribution in [0, 0.1) is 5.92 Å². The summed E-state index contributed by atoms with van der Waals surface area (Å²) in [6.07, 6.45) is 4.94. The molecule has 0 radical (unpaired) electrons. The van der Waals surface area contributed by atoms with Gasteiger partial charge in [-0.05, 0) is 44.9 Å². The van der Waals surface area contributed by atoms with E-state index in [0.29, 0.717) is 29.7 Å². The lowest BCUT2D eigenvalue weighted by Crippen LogP contribution is -2.59. The van der Waals surface area contributed by atoms with Crippen molar-refractivity contribution in [3.05, 3.63) is 29.5 Å². The zero-order valence-electron chi connectivity index (χ0n) is 28.9. The van der Waals surface area contributed by atoms with Gasteiger partial charge in [0.15, 0.2) is 0 Å². The molecule has 49 heavy (non-hydrogen) atoms. The van der Waals surface area contributed by atoms with Crippen molar-refractivity contribution >= 4 is 40.5 Å². The third-order valence-corrected chi connectivity index (χ3v) is 9.36. The van der Waals surface area contributed by atoms with Crippen LogP contribution in [0.3, 0.4) is 0 Å². The molecule has 1 aliphatic carbocycles. The number of methoxy groups -OCH3 is 1. The molecule has 0 bridgehead atoms. The molecule has 1 aromatic heterocycles. The zero-order valence-corrected chi connectivity index (χ0v) is 28.9. The number of nitrogens with one attached hydrogen (secondary N) is 3. The summed E-state index contributed by atoms with van der Waals surface area (Å²) >= 11 is 0. The van der Waals surface area contributed by atoms with Crippen LogP contribution in [0.5, 0.6) is 5.75 Å². The molecule has 2 atom stereocenters. The molecule has 1 aliphatic heterocycles. The third-order valence-electron chi connectivity index (χ3n) is 9.36. The number of aromatic nitrogens is 1. The first-order chi connectivity index (χ1) is 23.6. The number of nitrogens with zero attached hydrogens (tertiary/aromatic N) is 3. The SMILES string of the molecule is CN[C@@H](C)C(=O)N[C@H](C(=O)N1CCN(C(=O)c2c(C(=O)NCCOCCOCC(=O)O)c3ccc(OC)cc3n2C)CC1)C1CCCCC1. The van der Waals surface area contributed by atoms with Crippen molar-refractivity contribution in [1.29, 1.82) is 0 Å². The highest BCUT2D eigenvalue weighted by molar-refractivity contribution is 6.16. The number of carbonyl (C=O) groups excluding carboxylic acids is 4. The van der Waals surface area contributed by atoms with Crippen molar-refractivity contribution in [3.63, 3.8) is 0 Å². The fourth-order valence-electron chi connectivity index (χ4n) is 6.46. The van der Waals surface area contributed by atoms with Crippen LogP contribution in [-0.4, -0.2) is 134 Å². The molecule has 0 unspecified atom stereocenters. The highest BCUT2D eigenvalue weighted by atomic mass is 16.5. The summed E-state index contributed by atoms with van der Waals surface area (Å²) in [6, 6.07) is 4.21. The number of ether oxygens (including phenoxy) is 3. The molecule has 2 heterocycles. The molecule has 4 amide bonds. The van der Waals surface area contributed by atoms with Crippen LogP contribution in [0.2, 0.25) is 0 Å². The van der Waals surface area contributed by atoms with Crippen LogP contribution in [-0.2, 0) is 30.9 Å². The summed E-state index contributed by atoms with van der Waals surface area (Å²) in [5.74, 6) is -1.53. The van der Waals surface area contributed by atoms with E-state index in [1.807, 2.05) is 0 Å². The number of aryl methyl sites for hydroxylation is 1. The van der Waals surface area contributed by atoms with Gasteiger partial charge in [0.05, 0.1) is 44.1 Å². The number of piperazine rings is 1. The van der Waals surface area contributed by atoms with Gasteiger partial charge in [-0.25, -0.2) is 4.79 Å². The van der Waals surface area contributed by atoms with Crippen LogP contribution in [0.4, 0.5) is 0 Å². The van der Waals surface area contributed by atoms with Crippen LogP contribution < -0.4 is 20.7 Å². The quantitative estimate of drug-likeness (QED) is 0.186. The van der Waals surface area contributed by atoms with Gasteiger partial charge in [0.25, 0.3) is 11.8 Å². The first-order valence-electron chi connectivity index (χ1n) is 16.9. The Hall–Kier alpha value is -4.21. The van der Waals surface area contributed by atoms with E-state index in [-0.39, 0.29) is 74.4 Å². The van der Waals surface area contributed by atoms with E-state index in [0.717, 1.165) is 32.1 Å². The Morgan fingerprint density at radius 1 is 0.959 bits per heavy atom. The maximum absolute atomic E-state index is 14.2. The third kappa shape index (κ3) is 9.49. The summed E-state index contributed by atoms with van der Waals surface area (Å²) in [4.78, 5) is 68.4. The van der Waals surface area contributed by atoms with Crippen LogP contribution in [0.15, 0.2) is 18.2 Å². The van der Waals surface area contributed by atoms with Gasteiger partial charge in [0, 0.05) is 51.2 Å². The molecule has 1 aromatic carbocycles. The summed E-state index contributed by atoms with van der Waals surface area (Å²) in [5.41, 5.74) is 1.10. The second-order valence-corrected chi connectivity index (χ2v) is 12.5. The minimum Gasteiger partial charge on any atom is -0.497 e. The Kier molecular flexibility index (Phi) is 13.8. The van der Waals surface area contributed by atoms with Crippen molar-refractivity contribution in [1.82, 2.24) is 30.3 Å². The number of carboxylic acids is 1. The van der Waals surface area contributed by atoms with Gasteiger partial charge in [0.1, 0.15) is 24.1 Å². The molecule has 1 saturated carbocycles. The molecular weight excluding hydrogens is 636 g/mol. The fourth-order valence-corrected chi connectivity index (χ4v) is 6.46. The Labute approximate surface area is 286 Å². The van der Waals surface area contributed by atoms with Crippen LogP contribution in [0.1, 0.15) is 59.9 Å². The first kappa shape index (κ1) is 37.6. The Morgan fingerprint density at radius 3 is 2.29 bits per heavy atom. The number of fused-ring (bicyclic) bond motifs is 1. The molecule has 15 nitrogen and oxygen atoms in total. The summed E-state index contributed by atoms with van der Waals surface area (Å²) in [5, 5.41) is 18.0. The second kappa shape index (κ2) is 18.0. The monoisotopic (exact) mass is 686 g/mol. The van der Waals surface area contributed by atoms with Crippen LogP contribution in [0.25, 0.3) is 10.9 Å². The minimum absolute atomic E-state index is 0.0680. The number of benzene rings is 1. The van der Waals surface area contributed by atoms with Gasteiger partial charge in [-0.2, -0.15) is 0 Å². The average molecular weight is 687 g/mol. The normalized spacial score (nSPS) is 16.7. The Balaban J connectivity index is 1.46. The van der Waals surface area contributed by atoms with E-state index < -0.39 is 30.6 Å². The van der Waals surface area contributed by atoms with Crippen molar-refractivity contribution in [3.8, 4) is 5.75 Å². The van der Waals surface area contributed by atoms with Crippen molar-refractivity contribution in [2.45, 2.75) is 51.1 Å². The molecule has 1 saturated heterocycles. The van der Waals surface area contributed by atoms with Crippen molar-refractivity contribution in [2.24, 2.45) is 13.0 Å². The molecule has 2 fully saturated rings. The topological polar surface area (TPSA) is 181 Å². The molecule has 0 spiro atoms. The number of amides is 4. The van der Waals surface area contributed by atoms with Crippen molar-refractivity contribution < 1.29 is 43.3 Å². The van der Waals surface area contributed by atoms with E-state index in [2.05, 4.69) is 16.0 Å². The Morgan fingerprint density at radius 2 is 1.63 bits per heavy atom. The second-order valence-electron chi connectivity index (χ2n) is 12.5. The average Bonchev–Trinajstić information content (AvgIpc) is 3.41. The van der Waals surface area contributed by atoms with Gasteiger partial charge in [-0.15, -0.1) is 0 Å². The smallest absolute Gasteiger partial charge is 0.329 e. The number of likely N-dealkylation sites (N-methyl/N-ethyl adjacent to an activating group) is 1. The molecule has 15 heteroatoms. The molecule has 2 aromatic rings. The Bertz CT molecular complexity index is 1480. The number of aliphatic carboxylic acids is 1. The zero-order chi connectivity index (χ0) is 35.5. The molecule has 4 N–H and O–H groups in total. The first-order valence-corrected chi connectivity index (χ1v) is 16.9. The molecular formula is C34H50N6O9.